The summed E-state index contributed by atoms with van der Waals surface area (Å²) in [5.41, 5.74) is 6.93. The van der Waals surface area contributed by atoms with Gasteiger partial charge in [0.25, 0.3) is 11.8 Å². The highest BCUT2D eigenvalue weighted by Gasteiger charge is 2.37. The number of aldehydes is 1. The predicted octanol–water partition coefficient (Wildman–Crippen LogP) is 2.06. The van der Waals surface area contributed by atoms with Crippen LogP contribution < -0.4 is 5.73 Å². The molecule has 0 aromatic heterocycles. The summed E-state index contributed by atoms with van der Waals surface area (Å²) in [7, 11) is 0. The van der Waals surface area contributed by atoms with E-state index in [4.69, 9.17) is 5.73 Å². The molecule has 128 valence electrons. The molecule has 2 aromatic carbocycles. The Hall–Kier alpha value is -2.79. The molecule has 1 atom stereocenters. The maximum atomic E-state index is 12.4. The van der Waals surface area contributed by atoms with Crippen LogP contribution in [0.25, 0.3) is 0 Å². The number of amides is 2. The van der Waals surface area contributed by atoms with Crippen LogP contribution in [-0.4, -0.2) is 36.1 Å². The van der Waals surface area contributed by atoms with Crippen LogP contribution in [0.1, 0.15) is 32.7 Å². The summed E-state index contributed by atoms with van der Waals surface area (Å²) in [5.74, 6) is -0.616. The van der Waals surface area contributed by atoms with E-state index in [0.717, 1.165) is 11.8 Å². The van der Waals surface area contributed by atoms with Gasteiger partial charge in [-0.15, -0.1) is 0 Å². The van der Waals surface area contributed by atoms with Crippen molar-refractivity contribution in [1.82, 2.24) is 4.90 Å². The minimum absolute atomic E-state index is 0.161. The van der Waals surface area contributed by atoms with Gasteiger partial charge in [0.15, 0.2) is 0 Å². The summed E-state index contributed by atoms with van der Waals surface area (Å²) in [6.45, 7) is 0.337. The molecule has 2 amide bonds. The molecule has 1 aliphatic rings. The van der Waals surface area contributed by atoms with Crippen LogP contribution in [0.4, 0.5) is 0 Å². The second-order valence-corrected chi connectivity index (χ2v) is 6.40. The van der Waals surface area contributed by atoms with Crippen LogP contribution in [-0.2, 0) is 11.2 Å². The molecule has 5 heteroatoms. The van der Waals surface area contributed by atoms with Gasteiger partial charge in [-0.1, -0.05) is 42.5 Å². The minimum Gasteiger partial charge on any atom is -0.329 e. The molecule has 0 radical (unpaired) electrons. The Morgan fingerprint density at radius 1 is 0.920 bits per heavy atom. The van der Waals surface area contributed by atoms with E-state index in [2.05, 4.69) is 0 Å². The van der Waals surface area contributed by atoms with Gasteiger partial charge in [-0.3, -0.25) is 14.5 Å². The summed E-state index contributed by atoms with van der Waals surface area (Å²) in [5, 5.41) is 0. The highest BCUT2D eigenvalue weighted by atomic mass is 16.2. The predicted molar refractivity (Wildman–Crippen MR) is 94.1 cm³/mol. The van der Waals surface area contributed by atoms with Gasteiger partial charge in [0.2, 0.25) is 0 Å². The molecule has 1 heterocycles. The van der Waals surface area contributed by atoms with E-state index < -0.39 is 5.41 Å². The lowest BCUT2D eigenvalue weighted by molar-refractivity contribution is -0.116. The number of benzene rings is 2. The number of hydrogen-bond acceptors (Lipinski definition) is 4. The number of imide groups is 1. The van der Waals surface area contributed by atoms with Crippen molar-refractivity contribution in [3.8, 4) is 0 Å². The zero-order chi connectivity index (χ0) is 17.9. The first-order chi connectivity index (χ1) is 12.1. The topological polar surface area (TPSA) is 80.5 Å². The molecule has 3 rings (SSSR count). The SMILES string of the molecule is NCC(C=O)(CCN1C(=O)c2ccccc2C1=O)Cc1ccccc1. The van der Waals surface area contributed by atoms with Crippen LogP contribution in [0.5, 0.6) is 0 Å². The van der Waals surface area contributed by atoms with E-state index in [9.17, 15) is 14.4 Å². The molecular weight excluding hydrogens is 316 g/mol. The summed E-state index contributed by atoms with van der Waals surface area (Å²) < 4.78 is 0. The van der Waals surface area contributed by atoms with Crippen molar-refractivity contribution < 1.29 is 14.4 Å². The quantitative estimate of drug-likeness (QED) is 0.620. The first-order valence-corrected chi connectivity index (χ1v) is 8.26. The number of nitrogens with zero attached hydrogens (tertiary/aromatic N) is 1. The average Bonchev–Trinajstić information content (AvgIpc) is 2.91. The molecule has 1 unspecified atom stereocenters. The van der Waals surface area contributed by atoms with Crippen molar-refractivity contribution in [2.24, 2.45) is 11.1 Å². The normalized spacial score (nSPS) is 15.8. The molecule has 2 N–H and O–H groups in total. The zero-order valence-corrected chi connectivity index (χ0v) is 13.9. The molecule has 0 aliphatic carbocycles. The fourth-order valence-corrected chi connectivity index (χ4v) is 3.19. The molecule has 25 heavy (non-hydrogen) atoms. The summed E-state index contributed by atoms with van der Waals surface area (Å²) in [4.78, 5) is 37.9. The largest absolute Gasteiger partial charge is 0.329 e. The van der Waals surface area contributed by atoms with E-state index >= 15 is 0 Å². The molecule has 2 aromatic rings. The first kappa shape index (κ1) is 17.0. The van der Waals surface area contributed by atoms with Gasteiger partial charge in [-0.25, -0.2) is 0 Å². The zero-order valence-electron chi connectivity index (χ0n) is 13.9. The van der Waals surface area contributed by atoms with Crippen molar-refractivity contribution in [2.45, 2.75) is 12.8 Å². The number of rotatable bonds is 7. The van der Waals surface area contributed by atoms with Gasteiger partial charge in [-0.05, 0) is 30.5 Å². The number of carbonyl (C=O) groups is 3. The van der Waals surface area contributed by atoms with Gasteiger partial charge in [0, 0.05) is 18.5 Å². The number of fused-ring (bicyclic) bond motifs is 1. The summed E-state index contributed by atoms with van der Waals surface area (Å²) >= 11 is 0. The van der Waals surface area contributed by atoms with E-state index in [-0.39, 0.29) is 24.9 Å². The van der Waals surface area contributed by atoms with E-state index in [1.807, 2.05) is 30.3 Å². The number of nitrogens with two attached hydrogens (primary N) is 1. The monoisotopic (exact) mass is 336 g/mol. The molecule has 0 fully saturated rings. The van der Waals surface area contributed by atoms with Crippen molar-refractivity contribution in [3.63, 3.8) is 0 Å². The Balaban J connectivity index is 1.75. The van der Waals surface area contributed by atoms with Crippen molar-refractivity contribution >= 4 is 18.1 Å². The lowest BCUT2D eigenvalue weighted by atomic mass is 9.80. The van der Waals surface area contributed by atoms with Crippen LogP contribution in [0, 0.1) is 5.41 Å². The molecule has 0 spiro atoms. The second kappa shape index (κ2) is 6.99. The highest BCUT2D eigenvalue weighted by Crippen LogP contribution is 2.28. The maximum Gasteiger partial charge on any atom is 0.261 e. The van der Waals surface area contributed by atoms with Gasteiger partial charge in [0.1, 0.15) is 6.29 Å². The second-order valence-electron chi connectivity index (χ2n) is 6.40. The molecule has 0 bridgehead atoms. The van der Waals surface area contributed by atoms with Gasteiger partial charge in [0.05, 0.1) is 11.1 Å². The van der Waals surface area contributed by atoms with Gasteiger partial charge in [-0.2, -0.15) is 0 Å². The summed E-state index contributed by atoms with van der Waals surface area (Å²) in [6, 6.07) is 16.4. The maximum absolute atomic E-state index is 12.4. The third-order valence-electron chi connectivity index (χ3n) is 4.77. The molecular formula is C20H20N2O3. The molecule has 0 saturated carbocycles. The van der Waals surface area contributed by atoms with Crippen molar-refractivity contribution in [3.05, 3.63) is 71.3 Å². The molecule has 5 nitrogen and oxygen atoms in total. The van der Waals surface area contributed by atoms with Crippen LogP contribution in [0.2, 0.25) is 0 Å². The highest BCUT2D eigenvalue weighted by molar-refractivity contribution is 6.21. The Kier molecular flexibility index (Phi) is 4.76. The lowest BCUT2D eigenvalue weighted by Crippen LogP contribution is -2.40. The van der Waals surface area contributed by atoms with Crippen molar-refractivity contribution in [1.29, 1.82) is 0 Å². The third kappa shape index (κ3) is 3.23. The fraction of sp³-hybridized carbons (Fsp3) is 0.250. The van der Waals surface area contributed by atoms with Crippen molar-refractivity contribution in [2.75, 3.05) is 13.1 Å². The van der Waals surface area contributed by atoms with Crippen LogP contribution >= 0.6 is 0 Å². The Morgan fingerprint density at radius 3 is 2.00 bits per heavy atom. The van der Waals surface area contributed by atoms with E-state index in [0.29, 0.717) is 24.0 Å². The first-order valence-electron chi connectivity index (χ1n) is 8.26. The average molecular weight is 336 g/mol. The molecule has 0 saturated heterocycles. The fourth-order valence-electron chi connectivity index (χ4n) is 3.19. The van der Waals surface area contributed by atoms with Gasteiger partial charge < -0.3 is 10.5 Å². The smallest absolute Gasteiger partial charge is 0.261 e. The number of carbonyl (C=O) groups excluding carboxylic acids is 3. The van der Waals surface area contributed by atoms with E-state index in [1.54, 1.807) is 24.3 Å². The minimum atomic E-state index is -0.795. The Labute approximate surface area is 146 Å². The lowest BCUT2D eigenvalue weighted by Gasteiger charge is -2.28. The van der Waals surface area contributed by atoms with Crippen LogP contribution in [0.3, 0.4) is 0 Å². The standard InChI is InChI=1S/C20H20N2O3/c21-13-20(14-23,12-15-6-2-1-3-7-15)10-11-22-18(24)16-8-4-5-9-17(16)19(22)25/h1-9,14H,10-13,21H2. The Bertz CT molecular complexity index is 769. The third-order valence-corrected chi connectivity index (χ3v) is 4.77. The number of hydrogen-bond donors (Lipinski definition) is 1. The summed E-state index contributed by atoms with van der Waals surface area (Å²) in [6.07, 6.45) is 1.68. The Morgan fingerprint density at radius 2 is 1.48 bits per heavy atom. The molecule has 1 aliphatic heterocycles. The van der Waals surface area contributed by atoms with Gasteiger partial charge >= 0.3 is 0 Å². The van der Waals surface area contributed by atoms with E-state index in [1.165, 1.54) is 4.90 Å². The van der Waals surface area contributed by atoms with Crippen LogP contribution in [0.15, 0.2) is 54.6 Å².